The molecule has 0 radical (unpaired) electrons. The summed E-state index contributed by atoms with van der Waals surface area (Å²) in [5.41, 5.74) is 8.12. The Morgan fingerprint density at radius 3 is 2.65 bits per heavy atom. The molecule has 2 rings (SSSR count). The second-order valence-electron chi connectivity index (χ2n) is 4.70. The van der Waals surface area contributed by atoms with Crippen LogP contribution >= 0.6 is 23.2 Å². The first kappa shape index (κ1) is 15.3. The summed E-state index contributed by atoms with van der Waals surface area (Å²) < 4.78 is 0. The van der Waals surface area contributed by atoms with Crippen LogP contribution in [0.5, 0.6) is 0 Å². The van der Waals surface area contributed by atoms with E-state index in [4.69, 9.17) is 28.9 Å². The van der Waals surface area contributed by atoms with Crippen molar-refractivity contribution in [2.45, 2.75) is 12.6 Å². The standard InChI is InChI=1S/C15H17Cl2N3/c1-20(10-11-3-2-6-19-9-11)15(8-18)12-4-5-13(16)14(17)7-12/h2-7,9,15H,8,10,18H2,1H3. The predicted molar refractivity (Wildman–Crippen MR) is 84.0 cm³/mol. The quantitative estimate of drug-likeness (QED) is 0.919. The van der Waals surface area contributed by atoms with E-state index in [0.29, 0.717) is 16.6 Å². The van der Waals surface area contributed by atoms with Gasteiger partial charge in [0.15, 0.2) is 0 Å². The summed E-state index contributed by atoms with van der Waals surface area (Å²) in [4.78, 5) is 6.30. The normalized spacial score (nSPS) is 12.7. The number of hydrogen-bond donors (Lipinski definition) is 1. The summed E-state index contributed by atoms with van der Waals surface area (Å²) in [6.45, 7) is 1.28. The van der Waals surface area contributed by atoms with Crippen molar-refractivity contribution in [3.63, 3.8) is 0 Å². The minimum Gasteiger partial charge on any atom is -0.329 e. The van der Waals surface area contributed by atoms with Crippen LogP contribution in [-0.4, -0.2) is 23.5 Å². The van der Waals surface area contributed by atoms with Crippen LogP contribution in [0, 0.1) is 0 Å². The average Bonchev–Trinajstić information content (AvgIpc) is 2.44. The summed E-state index contributed by atoms with van der Waals surface area (Å²) in [6, 6.07) is 9.71. The SMILES string of the molecule is CN(Cc1cccnc1)C(CN)c1ccc(Cl)c(Cl)c1. The molecule has 1 unspecified atom stereocenters. The third-order valence-electron chi connectivity index (χ3n) is 3.24. The smallest absolute Gasteiger partial charge is 0.0595 e. The van der Waals surface area contributed by atoms with Crippen molar-refractivity contribution in [1.82, 2.24) is 9.88 Å². The summed E-state index contributed by atoms with van der Waals surface area (Å²) in [6.07, 6.45) is 3.63. The van der Waals surface area contributed by atoms with Crippen LogP contribution in [0.1, 0.15) is 17.2 Å². The highest BCUT2D eigenvalue weighted by atomic mass is 35.5. The molecule has 3 nitrogen and oxygen atoms in total. The number of benzene rings is 1. The minimum absolute atomic E-state index is 0.0879. The Hall–Kier alpha value is -1.13. The van der Waals surface area contributed by atoms with Crippen LogP contribution in [0.2, 0.25) is 10.0 Å². The monoisotopic (exact) mass is 309 g/mol. The molecule has 0 spiro atoms. The fourth-order valence-corrected chi connectivity index (χ4v) is 2.49. The molecule has 0 saturated carbocycles. The predicted octanol–water partition coefficient (Wildman–Crippen LogP) is 3.52. The maximum atomic E-state index is 6.08. The van der Waals surface area contributed by atoms with Gasteiger partial charge in [-0.3, -0.25) is 9.88 Å². The molecule has 1 aromatic heterocycles. The number of hydrogen-bond acceptors (Lipinski definition) is 3. The van der Waals surface area contributed by atoms with Gasteiger partial charge in [0, 0.05) is 31.5 Å². The van der Waals surface area contributed by atoms with E-state index in [1.807, 2.05) is 37.5 Å². The summed E-state index contributed by atoms with van der Waals surface area (Å²) >= 11 is 12.0. The zero-order valence-corrected chi connectivity index (χ0v) is 12.8. The zero-order valence-electron chi connectivity index (χ0n) is 11.3. The number of nitrogens with zero attached hydrogens (tertiary/aromatic N) is 2. The highest BCUT2D eigenvalue weighted by Gasteiger charge is 2.16. The molecule has 5 heteroatoms. The summed E-state index contributed by atoms with van der Waals surface area (Å²) in [7, 11) is 2.03. The van der Waals surface area contributed by atoms with Gasteiger partial charge in [-0.2, -0.15) is 0 Å². The third-order valence-corrected chi connectivity index (χ3v) is 3.98. The highest BCUT2D eigenvalue weighted by Crippen LogP contribution is 2.28. The van der Waals surface area contributed by atoms with E-state index in [0.717, 1.165) is 17.7 Å². The number of aromatic nitrogens is 1. The molecule has 1 heterocycles. The third kappa shape index (κ3) is 3.70. The van der Waals surface area contributed by atoms with Crippen LogP contribution in [-0.2, 0) is 6.54 Å². The lowest BCUT2D eigenvalue weighted by molar-refractivity contribution is 0.241. The highest BCUT2D eigenvalue weighted by molar-refractivity contribution is 6.42. The van der Waals surface area contributed by atoms with Crippen LogP contribution in [0.3, 0.4) is 0 Å². The van der Waals surface area contributed by atoms with E-state index in [9.17, 15) is 0 Å². The van der Waals surface area contributed by atoms with Crippen molar-refractivity contribution in [3.8, 4) is 0 Å². The molecule has 1 atom stereocenters. The number of halogens is 2. The van der Waals surface area contributed by atoms with Crippen LogP contribution in [0.15, 0.2) is 42.7 Å². The maximum Gasteiger partial charge on any atom is 0.0595 e. The molecule has 0 bridgehead atoms. The zero-order chi connectivity index (χ0) is 14.5. The van der Waals surface area contributed by atoms with Gasteiger partial charge in [0.25, 0.3) is 0 Å². The molecule has 1 aromatic carbocycles. The number of nitrogens with two attached hydrogens (primary N) is 1. The van der Waals surface area contributed by atoms with Gasteiger partial charge in [-0.15, -0.1) is 0 Å². The van der Waals surface area contributed by atoms with Gasteiger partial charge < -0.3 is 5.73 Å². The second kappa shape index (κ2) is 7.04. The first-order chi connectivity index (χ1) is 9.61. The maximum absolute atomic E-state index is 6.08. The van der Waals surface area contributed by atoms with Gasteiger partial charge in [0.05, 0.1) is 10.0 Å². The molecule has 2 N–H and O–H groups in total. The van der Waals surface area contributed by atoms with Crippen molar-refractivity contribution in [1.29, 1.82) is 0 Å². The Labute approximate surface area is 129 Å². The van der Waals surface area contributed by atoms with E-state index < -0.39 is 0 Å². The Morgan fingerprint density at radius 2 is 2.05 bits per heavy atom. The average molecular weight is 310 g/mol. The van der Waals surface area contributed by atoms with E-state index in [-0.39, 0.29) is 6.04 Å². The molecular weight excluding hydrogens is 293 g/mol. The van der Waals surface area contributed by atoms with Gasteiger partial charge in [0.1, 0.15) is 0 Å². The van der Waals surface area contributed by atoms with Gasteiger partial charge in [-0.25, -0.2) is 0 Å². The van der Waals surface area contributed by atoms with Gasteiger partial charge in [0.2, 0.25) is 0 Å². The molecular formula is C15H17Cl2N3. The van der Waals surface area contributed by atoms with Crippen molar-refractivity contribution < 1.29 is 0 Å². The summed E-state index contributed by atoms with van der Waals surface area (Å²) in [5, 5.41) is 1.11. The van der Waals surface area contributed by atoms with E-state index >= 15 is 0 Å². The first-order valence-electron chi connectivity index (χ1n) is 6.36. The van der Waals surface area contributed by atoms with E-state index in [2.05, 4.69) is 9.88 Å². The Morgan fingerprint density at radius 1 is 1.25 bits per heavy atom. The Kier molecular flexibility index (Phi) is 5.38. The van der Waals surface area contributed by atoms with Gasteiger partial charge in [-0.1, -0.05) is 35.3 Å². The lowest BCUT2D eigenvalue weighted by atomic mass is 10.1. The molecule has 2 aromatic rings. The molecule has 106 valence electrons. The van der Waals surface area contributed by atoms with Gasteiger partial charge in [-0.05, 0) is 36.4 Å². The molecule has 20 heavy (non-hydrogen) atoms. The molecule has 0 fully saturated rings. The number of rotatable bonds is 5. The van der Waals surface area contributed by atoms with Crippen molar-refractivity contribution in [2.24, 2.45) is 5.73 Å². The lowest BCUT2D eigenvalue weighted by Crippen LogP contribution is -2.30. The van der Waals surface area contributed by atoms with E-state index in [1.165, 1.54) is 0 Å². The van der Waals surface area contributed by atoms with Crippen molar-refractivity contribution in [2.75, 3.05) is 13.6 Å². The Balaban J connectivity index is 2.16. The van der Waals surface area contributed by atoms with Crippen LogP contribution in [0.25, 0.3) is 0 Å². The fraction of sp³-hybridized carbons (Fsp3) is 0.267. The summed E-state index contributed by atoms with van der Waals surface area (Å²) in [5.74, 6) is 0. The van der Waals surface area contributed by atoms with Crippen LogP contribution in [0.4, 0.5) is 0 Å². The van der Waals surface area contributed by atoms with Crippen molar-refractivity contribution in [3.05, 3.63) is 63.9 Å². The number of pyridine rings is 1. The largest absolute Gasteiger partial charge is 0.329 e. The van der Waals surface area contributed by atoms with Crippen molar-refractivity contribution >= 4 is 23.2 Å². The molecule has 0 saturated heterocycles. The van der Waals surface area contributed by atoms with Crippen LogP contribution < -0.4 is 5.73 Å². The lowest BCUT2D eigenvalue weighted by Gasteiger charge is -2.27. The van der Waals surface area contributed by atoms with E-state index in [1.54, 1.807) is 12.3 Å². The Bertz CT molecular complexity index is 560. The fourth-order valence-electron chi connectivity index (χ4n) is 2.18. The molecule has 0 aliphatic rings. The van der Waals surface area contributed by atoms with Gasteiger partial charge >= 0.3 is 0 Å². The minimum atomic E-state index is 0.0879. The first-order valence-corrected chi connectivity index (χ1v) is 7.11. The second-order valence-corrected chi connectivity index (χ2v) is 5.52. The molecule has 0 aliphatic heterocycles. The number of likely N-dealkylation sites (N-methyl/N-ethyl adjacent to an activating group) is 1. The molecule has 0 amide bonds. The topological polar surface area (TPSA) is 42.2 Å². The molecule has 0 aliphatic carbocycles.